The number of halogens is 1. The minimum Gasteiger partial charge on any atom is -0.508 e. The zero-order chi connectivity index (χ0) is 13.7. The Hall–Kier alpha value is -2.01. The molecule has 98 valence electrons. The first-order valence-electron chi connectivity index (χ1n) is 5.61. The molecule has 0 bridgehead atoms. The van der Waals surface area contributed by atoms with Crippen LogP contribution in [0.4, 0.5) is 10.5 Å². The van der Waals surface area contributed by atoms with Crippen molar-refractivity contribution in [1.29, 1.82) is 0 Å². The van der Waals surface area contributed by atoms with Crippen LogP contribution < -0.4 is 5.32 Å². The molecule has 19 heavy (non-hydrogen) atoms. The Bertz CT molecular complexity index is 552. The van der Waals surface area contributed by atoms with Crippen LogP contribution in [0.2, 0.25) is 0 Å². The van der Waals surface area contributed by atoms with Gasteiger partial charge in [-0.25, -0.2) is 4.79 Å². The zero-order valence-corrected chi connectivity index (χ0v) is 11.6. The maximum atomic E-state index is 11.6. The molecule has 1 amide bonds. The van der Waals surface area contributed by atoms with Crippen molar-refractivity contribution in [1.82, 2.24) is 0 Å². The molecule has 2 rings (SSSR count). The SMILES string of the molecule is O=C(Nc1cc(O)cc(Br)c1)OCc1ccccc1. The van der Waals surface area contributed by atoms with Crippen molar-refractivity contribution in [2.24, 2.45) is 0 Å². The summed E-state index contributed by atoms with van der Waals surface area (Å²) in [6.07, 6.45) is -0.568. The van der Waals surface area contributed by atoms with Gasteiger partial charge >= 0.3 is 6.09 Å². The van der Waals surface area contributed by atoms with Crippen molar-refractivity contribution in [3.8, 4) is 5.75 Å². The molecule has 0 radical (unpaired) electrons. The summed E-state index contributed by atoms with van der Waals surface area (Å²) in [6.45, 7) is 0.201. The third kappa shape index (κ3) is 4.30. The smallest absolute Gasteiger partial charge is 0.411 e. The molecule has 2 N–H and O–H groups in total. The number of carbonyl (C=O) groups excluding carboxylic acids is 1. The van der Waals surface area contributed by atoms with Gasteiger partial charge in [-0.1, -0.05) is 46.3 Å². The minimum atomic E-state index is -0.568. The molecule has 0 fully saturated rings. The highest BCUT2D eigenvalue weighted by molar-refractivity contribution is 9.10. The van der Waals surface area contributed by atoms with Crippen LogP contribution in [0.5, 0.6) is 5.75 Å². The second-order valence-electron chi connectivity index (χ2n) is 3.88. The van der Waals surface area contributed by atoms with Gasteiger partial charge in [-0.15, -0.1) is 0 Å². The van der Waals surface area contributed by atoms with Crippen molar-refractivity contribution >= 4 is 27.7 Å². The van der Waals surface area contributed by atoms with Crippen molar-refractivity contribution in [2.45, 2.75) is 6.61 Å². The molecule has 2 aromatic carbocycles. The topological polar surface area (TPSA) is 58.6 Å². The average molecular weight is 322 g/mol. The van der Waals surface area contributed by atoms with Gasteiger partial charge in [0.1, 0.15) is 12.4 Å². The molecular formula is C14H12BrNO3. The second kappa shape index (κ2) is 6.24. The first-order valence-corrected chi connectivity index (χ1v) is 6.40. The van der Waals surface area contributed by atoms with Gasteiger partial charge in [0.2, 0.25) is 0 Å². The number of nitrogens with one attached hydrogen (secondary N) is 1. The molecule has 0 saturated heterocycles. The van der Waals surface area contributed by atoms with Gasteiger partial charge in [0.05, 0.1) is 0 Å². The highest BCUT2D eigenvalue weighted by atomic mass is 79.9. The lowest BCUT2D eigenvalue weighted by Crippen LogP contribution is -2.13. The molecule has 0 aliphatic heterocycles. The number of benzene rings is 2. The lowest BCUT2D eigenvalue weighted by molar-refractivity contribution is 0.155. The Labute approximate surface area is 119 Å². The first kappa shape index (κ1) is 13.4. The Balaban J connectivity index is 1.91. The zero-order valence-electron chi connectivity index (χ0n) is 9.97. The number of carbonyl (C=O) groups is 1. The largest absolute Gasteiger partial charge is 0.508 e. The summed E-state index contributed by atoms with van der Waals surface area (Å²) in [5, 5.41) is 11.9. The third-order valence-electron chi connectivity index (χ3n) is 2.34. The van der Waals surface area contributed by atoms with E-state index in [2.05, 4.69) is 21.2 Å². The molecule has 0 atom stereocenters. The standard InChI is InChI=1S/C14H12BrNO3/c15-11-6-12(8-13(17)7-11)16-14(18)19-9-10-4-2-1-3-5-10/h1-8,17H,9H2,(H,16,18). The molecule has 0 aliphatic carbocycles. The lowest BCUT2D eigenvalue weighted by Gasteiger charge is -2.08. The van der Waals surface area contributed by atoms with E-state index in [0.717, 1.165) is 5.56 Å². The number of phenolic OH excluding ortho intramolecular Hbond substituents is 1. The predicted octanol–water partition coefficient (Wildman–Crippen LogP) is 3.90. The van der Waals surface area contributed by atoms with Crippen LogP contribution in [0.15, 0.2) is 53.0 Å². The molecular weight excluding hydrogens is 310 g/mol. The van der Waals surface area contributed by atoms with E-state index in [-0.39, 0.29) is 12.4 Å². The summed E-state index contributed by atoms with van der Waals surface area (Å²) >= 11 is 3.23. The number of hydrogen-bond donors (Lipinski definition) is 2. The normalized spacial score (nSPS) is 9.95. The predicted molar refractivity (Wildman–Crippen MR) is 76.1 cm³/mol. The molecule has 0 spiro atoms. The highest BCUT2D eigenvalue weighted by Crippen LogP contribution is 2.23. The number of ether oxygens (including phenoxy) is 1. The average Bonchev–Trinajstić information content (AvgIpc) is 2.36. The van der Waals surface area contributed by atoms with Crippen LogP contribution >= 0.6 is 15.9 Å². The van der Waals surface area contributed by atoms with Gasteiger partial charge in [-0.05, 0) is 17.7 Å². The molecule has 0 aliphatic rings. The van der Waals surface area contributed by atoms with E-state index in [1.165, 1.54) is 12.1 Å². The van der Waals surface area contributed by atoms with E-state index in [0.29, 0.717) is 10.2 Å². The maximum Gasteiger partial charge on any atom is 0.411 e. The lowest BCUT2D eigenvalue weighted by atomic mass is 10.2. The fraction of sp³-hybridized carbons (Fsp3) is 0.0714. The third-order valence-corrected chi connectivity index (χ3v) is 2.80. The number of hydrogen-bond acceptors (Lipinski definition) is 3. The summed E-state index contributed by atoms with van der Waals surface area (Å²) in [7, 11) is 0. The molecule has 0 heterocycles. The number of rotatable bonds is 3. The fourth-order valence-electron chi connectivity index (χ4n) is 1.52. The number of aromatic hydroxyl groups is 1. The van der Waals surface area contributed by atoms with Crippen LogP contribution in [-0.4, -0.2) is 11.2 Å². The Kier molecular flexibility index (Phi) is 4.41. The maximum absolute atomic E-state index is 11.6. The van der Waals surface area contributed by atoms with Gasteiger partial charge in [0, 0.05) is 16.2 Å². The van der Waals surface area contributed by atoms with E-state index >= 15 is 0 Å². The van der Waals surface area contributed by atoms with Crippen LogP contribution in [0.3, 0.4) is 0 Å². The summed E-state index contributed by atoms with van der Waals surface area (Å²) in [5.41, 5.74) is 1.37. The molecule has 0 saturated carbocycles. The van der Waals surface area contributed by atoms with Crippen LogP contribution in [0, 0.1) is 0 Å². The van der Waals surface area contributed by atoms with E-state index in [1.54, 1.807) is 6.07 Å². The monoisotopic (exact) mass is 321 g/mol. The summed E-state index contributed by atoms with van der Waals surface area (Å²) in [4.78, 5) is 11.6. The molecule has 0 aromatic heterocycles. The molecule has 2 aromatic rings. The summed E-state index contributed by atoms with van der Waals surface area (Å²) in [5.74, 6) is 0.0627. The van der Waals surface area contributed by atoms with E-state index in [4.69, 9.17) is 4.74 Å². The Morgan fingerprint density at radius 2 is 1.95 bits per heavy atom. The van der Waals surface area contributed by atoms with Gasteiger partial charge in [-0.2, -0.15) is 0 Å². The van der Waals surface area contributed by atoms with Crippen molar-refractivity contribution in [2.75, 3.05) is 5.32 Å². The van der Waals surface area contributed by atoms with Crippen molar-refractivity contribution in [3.63, 3.8) is 0 Å². The van der Waals surface area contributed by atoms with Gasteiger partial charge in [-0.3, -0.25) is 5.32 Å². The molecule has 5 heteroatoms. The van der Waals surface area contributed by atoms with E-state index in [1.807, 2.05) is 30.3 Å². The van der Waals surface area contributed by atoms with Gasteiger partial charge < -0.3 is 9.84 Å². The summed E-state index contributed by atoms with van der Waals surface area (Å²) < 4.78 is 5.74. The van der Waals surface area contributed by atoms with E-state index in [9.17, 15) is 9.90 Å². The Morgan fingerprint density at radius 1 is 1.21 bits per heavy atom. The Morgan fingerprint density at radius 3 is 2.63 bits per heavy atom. The van der Waals surface area contributed by atoms with Crippen molar-refractivity contribution in [3.05, 3.63) is 58.6 Å². The van der Waals surface area contributed by atoms with E-state index < -0.39 is 6.09 Å². The molecule has 4 nitrogen and oxygen atoms in total. The number of amides is 1. The second-order valence-corrected chi connectivity index (χ2v) is 4.80. The minimum absolute atomic E-state index is 0.0627. The van der Waals surface area contributed by atoms with Gasteiger partial charge in [0.25, 0.3) is 0 Å². The van der Waals surface area contributed by atoms with Gasteiger partial charge in [0.15, 0.2) is 0 Å². The fourth-order valence-corrected chi connectivity index (χ4v) is 2.00. The van der Waals surface area contributed by atoms with Crippen LogP contribution in [0.1, 0.15) is 5.56 Å². The highest BCUT2D eigenvalue weighted by Gasteiger charge is 2.05. The summed E-state index contributed by atoms with van der Waals surface area (Å²) in [6, 6.07) is 14.0. The molecule has 0 unspecified atom stereocenters. The van der Waals surface area contributed by atoms with Crippen LogP contribution in [-0.2, 0) is 11.3 Å². The first-order chi connectivity index (χ1) is 9.13. The number of phenols is 1. The quantitative estimate of drug-likeness (QED) is 0.901. The van der Waals surface area contributed by atoms with Crippen molar-refractivity contribution < 1.29 is 14.6 Å². The number of anilines is 1. The van der Waals surface area contributed by atoms with Crippen LogP contribution in [0.25, 0.3) is 0 Å².